The summed E-state index contributed by atoms with van der Waals surface area (Å²) in [6.45, 7) is -0.547. The van der Waals surface area contributed by atoms with Crippen LogP contribution in [0, 0.1) is 11.6 Å². The lowest BCUT2D eigenvalue weighted by molar-refractivity contribution is -0.142. The van der Waals surface area contributed by atoms with Gasteiger partial charge < -0.3 is 21.7 Å². The van der Waals surface area contributed by atoms with Crippen molar-refractivity contribution < 1.29 is 26.7 Å². The Bertz CT molecular complexity index is 1210. The number of aromatic nitrogens is 3. The van der Waals surface area contributed by atoms with Crippen LogP contribution in [0.5, 0.6) is 0 Å². The van der Waals surface area contributed by atoms with E-state index in [9.17, 15) is 26.7 Å². The molecule has 0 aliphatic carbocycles. The Balaban J connectivity index is 1.65. The fourth-order valence-corrected chi connectivity index (χ4v) is 4.78. The number of rotatable bonds is 5. The van der Waals surface area contributed by atoms with Crippen LogP contribution < -0.4 is 21.7 Å². The Hall–Kier alpha value is -3.26. The van der Waals surface area contributed by atoms with E-state index >= 15 is 0 Å². The van der Waals surface area contributed by atoms with Crippen LogP contribution in [-0.4, -0.2) is 46.0 Å². The van der Waals surface area contributed by atoms with Crippen molar-refractivity contribution in [1.29, 1.82) is 0 Å². The predicted molar refractivity (Wildman–Crippen MR) is 122 cm³/mol. The van der Waals surface area contributed by atoms with Gasteiger partial charge in [0.05, 0.1) is 11.8 Å². The van der Waals surface area contributed by atoms with Gasteiger partial charge in [-0.2, -0.15) is 18.3 Å². The van der Waals surface area contributed by atoms with Crippen molar-refractivity contribution in [2.45, 2.75) is 38.0 Å². The number of hydrogen-bond donors (Lipinski definition) is 3. The zero-order valence-corrected chi connectivity index (χ0v) is 19.1. The van der Waals surface area contributed by atoms with Crippen molar-refractivity contribution in [3.63, 3.8) is 0 Å². The summed E-state index contributed by atoms with van der Waals surface area (Å²) in [5.41, 5.74) is 11.2. The van der Waals surface area contributed by atoms with Gasteiger partial charge in [-0.3, -0.25) is 4.79 Å². The van der Waals surface area contributed by atoms with Crippen molar-refractivity contribution >= 4 is 33.8 Å². The van der Waals surface area contributed by atoms with E-state index in [-0.39, 0.29) is 33.2 Å². The minimum Gasteiger partial charge on any atom is -0.389 e. The zero-order valence-electron chi connectivity index (χ0n) is 18.3. The molecule has 5 N–H and O–H groups in total. The number of carbonyl (C=O) groups is 1. The van der Waals surface area contributed by atoms with Gasteiger partial charge in [-0.1, -0.05) is 17.4 Å². The van der Waals surface area contributed by atoms with E-state index in [4.69, 9.17) is 11.5 Å². The second kappa shape index (κ2) is 9.77. The number of nitrogens with one attached hydrogen (secondary N) is 1. The molecule has 1 saturated heterocycles. The Morgan fingerprint density at radius 2 is 1.91 bits per heavy atom. The van der Waals surface area contributed by atoms with E-state index in [0.29, 0.717) is 37.3 Å². The Labute approximate surface area is 200 Å². The number of hydrogen-bond acceptors (Lipinski definition) is 7. The van der Waals surface area contributed by atoms with E-state index in [1.165, 1.54) is 6.07 Å². The first-order chi connectivity index (χ1) is 16.5. The first-order valence-electron chi connectivity index (χ1n) is 10.7. The molecule has 2 aromatic heterocycles. The molecule has 8 nitrogen and oxygen atoms in total. The molecule has 0 saturated carbocycles. The summed E-state index contributed by atoms with van der Waals surface area (Å²) in [5, 5.41) is 6.10. The Kier molecular flexibility index (Phi) is 6.94. The number of halogens is 5. The van der Waals surface area contributed by atoms with E-state index < -0.39 is 35.8 Å². The fourth-order valence-electron chi connectivity index (χ4n) is 3.91. The zero-order chi connectivity index (χ0) is 25.3. The molecule has 1 amide bonds. The van der Waals surface area contributed by atoms with E-state index in [1.54, 1.807) is 4.90 Å². The Morgan fingerprint density at radius 3 is 2.60 bits per heavy atom. The van der Waals surface area contributed by atoms with Crippen molar-refractivity contribution in [3.05, 3.63) is 41.7 Å². The molecule has 1 aromatic carbocycles. The number of thiazole rings is 1. The summed E-state index contributed by atoms with van der Waals surface area (Å²) in [6, 6.07) is 3.20. The SMILES string of the molecule is Nc1sc(-c2c(F)cccc2F)nc1C(=O)Nc1cnn(CC(F)(F)F)c1N1CCC[C@@H](N)CC1. The van der Waals surface area contributed by atoms with Gasteiger partial charge in [0.25, 0.3) is 5.91 Å². The van der Waals surface area contributed by atoms with Crippen LogP contribution >= 0.6 is 11.3 Å². The summed E-state index contributed by atoms with van der Waals surface area (Å²) in [5.74, 6) is -2.51. The van der Waals surface area contributed by atoms with E-state index in [2.05, 4.69) is 15.4 Å². The van der Waals surface area contributed by atoms with Gasteiger partial charge in [-0.05, 0) is 31.4 Å². The second-order valence-electron chi connectivity index (χ2n) is 8.12. The quantitative estimate of drug-likeness (QED) is 0.443. The average Bonchev–Trinajstić information content (AvgIpc) is 3.24. The molecule has 1 atom stereocenters. The van der Waals surface area contributed by atoms with Crippen LogP contribution in [0.25, 0.3) is 10.6 Å². The third-order valence-electron chi connectivity index (χ3n) is 5.51. The maximum atomic E-state index is 14.2. The lowest BCUT2D eigenvalue weighted by Crippen LogP contribution is -2.31. The van der Waals surface area contributed by atoms with Gasteiger partial charge in [-0.15, -0.1) is 0 Å². The van der Waals surface area contributed by atoms with E-state index in [1.807, 2.05) is 0 Å². The van der Waals surface area contributed by atoms with Crippen molar-refractivity contribution in [2.75, 3.05) is 29.0 Å². The second-order valence-corrected chi connectivity index (χ2v) is 9.15. The van der Waals surface area contributed by atoms with Crippen LogP contribution in [0.1, 0.15) is 29.8 Å². The van der Waals surface area contributed by atoms with E-state index in [0.717, 1.165) is 29.4 Å². The lowest BCUT2D eigenvalue weighted by atomic mass is 10.1. The molecule has 3 aromatic rings. The minimum atomic E-state index is -4.54. The highest BCUT2D eigenvalue weighted by Gasteiger charge is 2.33. The average molecular weight is 516 g/mol. The van der Waals surface area contributed by atoms with Gasteiger partial charge in [0.1, 0.15) is 33.9 Å². The van der Waals surface area contributed by atoms with Gasteiger partial charge in [0.2, 0.25) is 0 Å². The van der Waals surface area contributed by atoms with Gasteiger partial charge >= 0.3 is 6.18 Å². The number of anilines is 3. The summed E-state index contributed by atoms with van der Waals surface area (Å²) in [7, 11) is 0. The molecule has 14 heteroatoms. The maximum Gasteiger partial charge on any atom is 0.408 e. The fraction of sp³-hybridized carbons (Fsp3) is 0.381. The van der Waals surface area contributed by atoms with Gasteiger partial charge in [0.15, 0.2) is 11.5 Å². The van der Waals surface area contributed by atoms with Crippen LogP contribution in [0.3, 0.4) is 0 Å². The van der Waals surface area contributed by atoms with Crippen LogP contribution in [0.2, 0.25) is 0 Å². The van der Waals surface area contributed by atoms with Crippen molar-refractivity contribution in [3.8, 4) is 10.6 Å². The third kappa shape index (κ3) is 5.53. The van der Waals surface area contributed by atoms with Crippen molar-refractivity contribution in [1.82, 2.24) is 14.8 Å². The molecular formula is C21H22F5N7OS. The molecule has 0 radical (unpaired) electrons. The minimum absolute atomic E-state index is 0.0285. The number of nitrogen functional groups attached to an aromatic ring is 1. The lowest BCUT2D eigenvalue weighted by Gasteiger charge is -2.25. The van der Waals surface area contributed by atoms with Gasteiger partial charge in [-0.25, -0.2) is 18.4 Å². The normalized spacial score (nSPS) is 16.9. The molecule has 0 unspecified atom stereocenters. The molecule has 3 heterocycles. The van der Waals surface area contributed by atoms with Crippen LogP contribution in [0.15, 0.2) is 24.4 Å². The number of amides is 1. The number of nitrogens with zero attached hydrogens (tertiary/aromatic N) is 4. The topological polar surface area (TPSA) is 115 Å². The standard InChI is InChI=1S/C21H22F5N7OS/c22-12-4-1-5-13(23)15(12)19-31-16(17(28)35-19)18(34)30-14-9-29-33(10-21(24,25)26)20(14)32-7-2-3-11(27)6-8-32/h1,4-5,9,11H,2-3,6-8,10,27-28H2,(H,30,34)/t11-/m1/s1. The maximum absolute atomic E-state index is 14.2. The Morgan fingerprint density at radius 1 is 1.20 bits per heavy atom. The predicted octanol–water partition coefficient (Wildman–Crippen LogP) is 4.00. The van der Waals surface area contributed by atoms with Crippen molar-refractivity contribution in [2.24, 2.45) is 5.73 Å². The van der Waals surface area contributed by atoms with Crippen LogP contribution in [0.4, 0.5) is 38.5 Å². The molecule has 188 valence electrons. The first kappa shape index (κ1) is 24.9. The van der Waals surface area contributed by atoms with Gasteiger partial charge in [0, 0.05) is 19.1 Å². The molecule has 35 heavy (non-hydrogen) atoms. The monoisotopic (exact) mass is 515 g/mol. The highest BCUT2D eigenvalue weighted by molar-refractivity contribution is 7.19. The molecular weight excluding hydrogens is 493 g/mol. The first-order valence-corrected chi connectivity index (χ1v) is 11.5. The number of carbonyl (C=O) groups excluding carboxylic acids is 1. The highest BCUT2D eigenvalue weighted by atomic mass is 32.1. The molecule has 1 fully saturated rings. The number of alkyl halides is 3. The summed E-state index contributed by atoms with van der Waals surface area (Å²) in [4.78, 5) is 18.7. The molecule has 0 bridgehead atoms. The number of benzene rings is 1. The molecule has 0 spiro atoms. The molecule has 1 aliphatic heterocycles. The number of nitrogens with two attached hydrogens (primary N) is 2. The largest absolute Gasteiger partial charge is 0.408 e. The molecule has 4 rings (SSSR count). The molecule has 1 aliphatic rings. The van der Waals surface area contributed by atoms with Crippen LogP contribution in [-0.2, 0) is 6.54 Å². The smallest absolute Gasteiger partial charge is 0.389 e. The highest BCUT2D eigenvalue weighted by Crippen LogP contribution is 2.35. The summed E-state index contributed by atoms with van der Waals surface area (Å²) >= 11 is 0.715. The summed E-state index contributed by atoms with van der Waals surface area (Å²) < 4.78 is 68.6. The summed E-state index contributed by atoms with van der Waals surface area (Å²) in [6.07, 6.45) is -1.49. The third-order valence-corrected chi connectivity index (χ3v) is 6.41.